The summed E-state index contributed by atoms with van der Waals surface area (Å²) < 4.78 is 4.45. The minimum absolute atomic E-state index is 0.0904. The number of carbonyl (C=O) groups excluding carboxylic acids is 1. The molecule has 1 rings (SSSR count). The summed E-state index contributed by atoms with van der Waals surface area (Å²) in [7, 11) is 1.28. The van der Waals surface area contributed by atoms with Crippen molar-refractivity contribution in [1.29, 1.82) is 0 Å². The number of nitrogens with two attached hydrogens (primary N) is 1. The molecular formula is C9H10N2O4S. The van der Waals surface area contributed by atoms with Crippen LogP contribution < -0.4 is 5.73 Å². The van der Waals surface area contributed by atoms with Crippen molar-refractivity contribution in [3.05, 3.63) is 28.3 Å². The maximum Gasteiger partial charge on any atom is 0.315 e. The number of nitrogen functional groups attached to an aromatic ring is 1. The van der Waals surface area contributed by atoms with Gasteiger partial charge in [-0.25, -0.2) is 0 Å². The summed E-state index contributed by atoms with van der Waals surface area (Å²) in [6.45, 7) is 0. The summed E-state index contributed by atoms with van der Waals surface area (Å²) in [4.78, 5) is 21.5. The lowest BCUT2D eigenvalue weighted by Crippen LogP contribution is -2.03. The van der Waals surface area contributed by atoms with Crippen LogP contribution in [0.2, 0.25) is 0 Å². The third-order valence-corrected chi connectivity index (χ3v) is 2.66. The van der Waals surface area contributed by atoms with Crippen molar-refractivity contribution in [3.63, 3.8) is 0 Å². The van der Waals surface area contributed by atoms with E-state index in [2.05, 4.69) is 4.74 Å². The summed E-state index contributed by atoms with van der Waals surface area (Å²) in [6.07, 6.45) is 0. The molecule has 0 amide bonds. The Morgan fingerprint density at radius 2 is 2.25 bits per heavy atom. The summed E-state index contributed by atoms with van der Waals surface area (Å²) >= 11 is 1.14. The predicted octanol–water partition coefficient (Wildman–Crippen LogP) is 1.44. The number of benzene rings is 1. The van der Waals surface area contributed by atoms with E-state index < -0.39 is 10.9 Å². The van der Waals surface area contributed by atoms with Crippen molar-refractivity contribution in [2.45, 2.75) is 4.90 Å². The molecule has 1 aromatic rings. The highest BCUT2D eigenvalue weighted by Gasteiger charge is 2.10. The highest BCUT2D eigenvalue weighted by atomic mass is 32.2. The molecule has 0 aliphatic rings. The van der Waals surface area contributed by atoms with Gasteiger partial charge in [0.1, 0.15) is 0 Å². The predicted molar refractivity (Wildman–Crippen MR) is 60.2 cm³/mol. The standard InChI is InChI=1S/C9H10N2O4S/c1-15-9(12)5-16-8-3-6(10)2-7(4-8)11(13)14/h2-4H,5,10H2,1H3. The highest BCUT2D eigenvalue weighted by molar-refractivity contribution is 8.00. The molecule has 1 aromatic carbocycles. The van der Waals surface area contributed by atoms with Gasteiger partial charge in [0.05, 0.1) is 17.8 Å². The molecule has 6 nitrogen and oxygen atoms in total. The number of anilines is 1. The summed E-state index contributed by atoms with van der Waals surface area (Å²) in [5, 5.41) is 10.5. The van der Waals surface area contributed by atoms with E-state index in [1.54, 1.807) is 6.07 Å². The number of rotatable bonds is 4. The van der Waals surface area contributed by atoms with E-state index in [9.17, 15) is 14.9 Å². The van der Waals surface area contributed by atoms with Gasteiger partial charge in [-0.1, -0.05) is 0 Å². The minimum Gasteiger partial charge on any atom is -0.468 e. The Morgan fingerprint density at radius 1 is 1.56 bits per heavy atom. The van der Waals surface area contributed by atoms with Crippen LogP contribution in [0.5, 0.6) is 0 Å². The van der Waals surface area contributed by atoms with Gasteiger partial charge in [-0.15, -0.1) is 11.8 Å². The zero-order valence-corrected chi connectivity index (χ0v) is 9.32. The molecule has 0 spiro atoms. The maximum absolute atomic E-state index is 10.9. The van der Waals surface area contributed by atoms with E-state index in [0.29, 0.717) is 10.6 Å². The van der Waals surface area contributed by atoms with E-state index >= 15 is 0 Å². The molecule has 0 saturated heterocycles. The molecule has 0 aliphatic carbocycles. The molecule has 0 aliphatic heterocycles. The zero-order chi connectivity index (χ0) is 12.1. The van der Waals surface area contributed by atoms with Crippen LogP contribution in [0.15, 0.2) is 23.1 Å². The Hall–Kier alpha value is -1.76. The lowest BCUT2D eigenvalue weighted by atomic mass is 10.3. The Morgan fingerprint density at radius 3 is 2.81 bits per heavy atom. The SMILES string of the molecule is COC(=O)CSc1cc(N)cc([N+](=O)[O-])c1. The molecule has 2 N–H and O–H groups in total. The largest absolute Gasteiger partial charge is 0.468 e. The molecule has 86 valence electrons. The van der Waals surface area contributed by atoms with Crippen molar-refractivity contribution < 1.29 is 14.5 Å². The molecule has 0 saturated carbocycles. The van der Waals surface area contributed by atoms with E-state index in [1.165, 1.54) is 19.2 Å². The Kier molecular flexibility index (Phi) is 4.12. The fourth-order valence-corrected chi connectivity index (χ4v) is 1.82. The molecule has 7 heteroatoms. The van der Waals surface area contributed by atoms with E-state index in [1.807, 2.05) is 0 Å². The number of carbonyl (C=O) groups is 1. The Labute approximate surface area is 95.9 Å². The number of non-ortho nitro benzene ring substituents is 1. The number of nitrogens with zero attached hydrogens (tertiary/aromatic N) is 1. The van der Waals surface area contributed by atoms with Gasteiger partial charge in [-0.05, 0) is 6.07 Å². The number of nitro benzene ring substituents is 1. The fourth-order valence-electron chi connectivity index (χ4n) is 0.996. The van der Waals surface area contributed by atoms with Gasteiger partial charge >= 0.3 is 5.97 Å². The quantitative estimate of drug-likeness (QED) is 0.282. The molecule has 0 unspecified atom stereocenters. The highest BCUT2D eigenvalue weighted by Crippen LogP contribution is 2.26. The second kappa shape index (κ2) is 5.36. The van der Waals surface area contributed by atoms with Crippen molar-refractivity contribution in [1.82, 2.24) is 0 Å². The van der Waals surface area contributed by atoms with Crippen molar-refractivity contribution >= 4 is 29.1 Å². The molecule has 0 heterocycles. The number of hydrogen-bond donors (Lipinski definition) is 1. The van der Waals surface area contributed by atoms with Crippen molar-refractivity contribution in [2.75, 3.05) is 18.6 Å². The first kappa shape index (κ1) is 12.3. The van der Waals surface area contributed by atoms with Crippen LogP contribution in [0.3, 0.4) is 0 Å². The van der Waals surface area contributed by atoms with E-state index in [0.717, 1.165) is 11.8 Å². The average Bonchev–Trinajstić information content (AvgIpc) is 2.25. The molecule has 0 aromatic heterocycles. The normalized spacial score (nSPS) is 9.81. The van der Waals surface area contributed by atoms with Gasteiger partial charge in [0.25, 0.3) is 5.69 Å². The third-order valence-electron chi connectivity index (χ3n) is 1.71. The van der Waals surface area contributed by atoms with Gasteiger partial charge in [-0.2, -0.15) is 0 Å². The smallest absolute Gasteiger partial charge is 0.315 e. The first-order chi connectivity index (χ1) is 7.52. The van der Waals surface area contributed by atoms with Gasteiger partial charge < -0.3 is 10.5 Å². The number of esters is 1. The first-order valence-electron chi connectivity index (χ1n) is 4.27. The lowest BCUT2D eigenvalue weighted by Gasteiger charge is -2.02. The van der Waals surface area contributed by atoms with Gasteiger partial charge in [-0.3, -0.25) is 14.9 Å². The van der Waals surface area contributed by atoms with Gasteiger partial charge in [0.15, 0.2) is 0 Å². The fraction of sp³-hybridized carbons (Fsp3) is 0.222. The number of ether oxygens (including phenoxy) is 1. The number of thioether (sulfide) groups is 1. The molecule has 0 fully saturated rings. The zero-order valence-electron chi connectivity index (χ0n) is 8.50. The Balaban J connectivity index is 2.80. The summed E-state index contributed by atoms with van der Waals surface area (Å²) in [5.74, 6) is -0.299. The number of methoxy groups -OCH3 is 1. The minimum atomic E-state index is -0.529. The molecule has 16 heavy (non-hydrogen) atoms. The Bertz CT molecular complexity index is 422. The molecule has 0 bridgehead atoms. The molecule has 0 radical (unpaired) electrons. The second-order valence-electron chi connectivity index (χ2n) is 2.88. The van der Waals surface area contributed by atoms with Crippen LogP contribution in [-0.4, -0.2) is 23.8 Å². The van der Waals surface area contributed by atoms with Crippen LogP contribution >= 0.6 is 11.8 Å². The maximum atomic E-state index is 10.9. The third kappa shape index (κ3) is 3.43. The average molecular weight is 242 g/mol. The molecule has 0 atom stereocenters. The van der Waals surface area contributed by atoms with Crippen molar-refractivity contribution in [2.24, 2.45) is 0 Å². The van der Waals surface area contributed by atoms with Crippen LogP contribution in [-0.2, 0) is 9.53 Å². The van der Waals surface area contributed by atoms with E-state index in [4.69, 9.17) is 5.73 Å². The first-order valence-corrected chi connectivity index (χ1v) is 5.26. The summed E-state index contributed by atoms with van der Waals surface area (Å²) in [5.41, 5.74) is 5.70. The monoisotopic (exact) mass is 242 g/mol. The van der Waals surface area contributed by atoms with Crippen LogP contribution in [0, 0.1) is 10.1 Å². The van der Waals surface area contributed by atoms with Gasteiger partial charge in [0, 0.05) is 22.7 Å². The van der Waals surface area contributed by atoms with E-state index in [-0.39, 0.29) is 11.4 Å². The summed E-state index contributed by atoms with van der Waals surface area (Å²) in [6, 6.07) is 4.20. The van der Waals surface area contributed by atoms with Gasteiger partial charge in [0.2, 0.25) is 0 Å². The molecular weight excluding hydrogens is 232 g/mol. The van der Waals surface area contributed by atoms with Crippen molar-refractivity contribution in [3.8, 4) is 0 Å². The number of hydrogen-bond acceptors (Lipinski definition) is 6. The second-order valence-corrected chi connectivity index (χ2v) is 3.93. The van der Waals surface area contributed by atoms with Crippen LogP contribution in [0.4, 0.5) is 11.4 Å². The lowest BCUT2D eigenvalue weighted by molar-refractivity contribution is -0.385. The van der Waals surface area contributed by atoms with Crippen LogP contribution in [0.1, 0.15) is 0 Å². The number of nitro groups is 1. The van der Waals surface area contributed by atoms with Crippen LogP contribution in [0.25, 0.3) is 0 Å². The topological polar surface area (TPSA) is 95.5 Å².